The van der Waals surface area contributed by atoms with E-state index in [1.54, 1.807) is 11.7 Å². The van der Waals surface area contributed by atoms with E-state index in [4.69, 9.17) is 10.00 Å². The van der Waals surface area contributed by atoms with Crippen LogP contribution in [0.1, 0.15) is 36.5 Å². The van der Waals surface area contributed by atoms with Crippen molar-refractivity contribution in [1.29, 1.82) is 5.26 Å². The zero-order valence-electron chi connectivity index (χ0n) is 14.2. The highest BCUT2D eigenvalue weighted by molar-refractivity contribution is 5.28. The number of aromatic amines is 1. The van der Waals surface area contributed by atoms with Crippen LogP contribution >= 0.6 is 0 Å². The maximum absolute atomic E-state index is 11.9. The molecule has 3 rings (SSSR count). The van der Waals surface area contributed by atoms with Gasteiger partial charge in [0.2, 0.25) is 0 Å². The Morgan fingerprint density at radius 1 is 1.54 bits per heavy atom. The molecule has 2 atom stereocenters. The van der Waals surface area contributed by atoms with Crippen LogP contribution in [-0.4, -0.2) is 44.0 Å². The number of H-pyrrole nitrogens is 1. The SMILES string of the molecule is CCn1c([C@@H]2C[C@H](OC)CN2Cc2cc(C#N)n(C)c2)n[nH]c1=O. The van der Waals surface area contributed by atoms with Crippen LogP contribution in [0.15, 0.2) is 17.1 Å². The molecule has 1 fully saturated rings. The van der Waals surface area contributed by atoms with Crippen LogP contribution in [0.5, 0.6) is 0 Å². The minimum absolute atomic E-state index is 0.0135. The van der Waals surface area contributed by atoms with Gasteiger partial charge in [-0.15, -0.1) is 0 Å². The Kier molecular flexibility index (Phi) is 4.55. The lowest BCUT2D eigenvalue weighted by atomic mass is 10.1. The van der Waals surface area contributed by atoms with E-state index >= 15 is 0 Å². The Balaban J connectivity index is 1.88. The first kappa shape index (κ1) is 16.5. The molecule has 128 valence electrons. The molecule has 0 saturated carbocycles. The highest BCUT2D eigenvalue weighted by Crippen LogP contribution is 2.33. The molecule has 1 aliphatic heterocycles. The quantitative estimate of drug-likeness (QED) is 0.874. The van der Waals surface area contributed by atoms with Crippen molar-refractivity contribution >= 4 is 0 Å². The fourth-order valence-corrected chi connectivity index (χ4v) is 3.43. The first-order valence-electron chi connectivity index (χ1n) is 8.04. The van der Waals surface area contributed by atoms with Gasteiger partial charge in [-0.1, -0.05) is 0 Å². The normalized spacial score (nSPS) is 21.2. The molecule has 3 heterocycles. The third-order valence-electron chi connectivity index (χ3n) is 4.66. The lowest BCUT2D eigenvalue weighted by Crippen LogP contribution is -2.28. The predicted octanol–water partition coefficient (Wildman–Crippen LogP) is 0.763. The molecule has 0 unspecified atom stereocenters. The molecular weight excluding hydrogens is 308 g/mol. The summed E-state index contributed by atoms with van der Waals surface area (Å²) >= 11 is 0. The van der Waals surface area contributed by atoms with Gasteiger partial charge in [0.05, 0.1) is 12.1 Å². The van der Waals surface area contributed by atoms with Gasteiger partial charge in [-0.05, 0) is 25.0 Å². The average Bonchev–Trinajstić information content (AvgIpc) is 3.24. The standard InChI is InChI=1S/C16H22N6O2/c1-4-22-15(18-19-16(22)23)14-6-13(24-3)10-21(14)9-11-5-12(7-17)20(2)8-11/h5,8,13-14H,4,6,9-10H2,1-3H3,(H,19,23)/t13-,14-/m0/s1. The van der Waals surface area contributed by atoms with Gasteiger partial charge in [-0.25, -0.2) is 9.89 Å². The van der Waals surface area contributed by atoms with Crippen molar-refractivity contribution in [1.82, 2.24) is 24.2 Å². The number of ether oxygens (including phenoxy) is 1. The van der Waals surface area contributed by atoms with E-state index < -0.39 is 0 Å². The van der Waals surface area contributed by atoms with Crippen molar-refractivity contribution in [2.75, 3.05) is 13.7 Å². The fourth-order valence-electron chi connectivity index (χ4n) is 3.43. The molecule has 2 aromatic rings. The Morgan fingerprint density at radius 3 is 2.96 bits per heavy atom. The van der Waals surface area contributed by atoms with E-state index in [1.165, 1.54) is 0 Å². The summed E-state index contributed by atoms with van der Waals surface area (Å²) in [5.74, 6) is 0.749. The highest BCUT2D eigenvalue weighted by Gasteiger charge is 2.36. The van der Waals surface area contributed by atoms with E-state index in [-0.39, 0.29) is 17.8 Å². The number of likely N-dealkylation sites (tertiary alicyclic amines) is 1. The van der Waals surface area contributed by atoms with E-state index in [9.17, 15) is 4.79 Å². The molecule has 1 aliphatic rings. The van der Waals surface area contributed by atoms with Crippen molar-refractivity contribution in [3.8, 4) is 6.07 Å². The van der Waals surface area contributed by atoms with Gasteiger partial charge >= 0.3 is 5.69 Å². The van der Waals surface area contributed by atoms with Crippen molar-refractivity contribution < 1.29 is 4.74 Å². The second kappa shape index (κ2) is 6.63. The Morgan fingerprint density at radius 2 is 2.33 bits per heavy atom. The molecular formula is C16H22N6O2. The number of hydrogen-bond acceptors (Lipinski definition) is 5. The molecule has 24 heavy (non-hydrogen) atoms. The van der Waals surface area contributed by atoms with Crippen molar-refractivity contribution in [3.63, 3.8) is 0 Å². The third-order valence-corrected chi connectivity index (χ3v) is 4.66. The van der Waals surface area contributed by atoms with Gasteiger partial charge in [0.1, 0.15) is 11.8 Å². The van der Waals surface area contributed by atoms with Crippen LogP contribution in [0.3, 0.4) is 0 Å². The molecule has 1 N–H and O–H groups in total. The van der Waals surface area contributed by atoms with Gasteiger partial charge in [0.15, 0.2) is 5.82 Å². The van der Waals surface area contributed by atoms with Gasteiger partial charge in [-0.2, -0.15) is 10.4 Å². The Labute approximate surface area is 140 Å². The number of nitrogens with one attached hydrogen (secondary N) is 1. The second-order valence-electron chi connectivity index (χ2n) is 6.13. The molecule has 0 bridgehead atoms. The minimum Gasteiger partial charge on any atom is -0.380 e. The van der Waals surface area contributed by atoms with Gasteiger partial charge in [0, 0.05) is 40.0 Å². The highest BCUT2D eigenvalue weighted by atomic mass is 16.5. The maximum atomic E-state index is 11.9. The maximum Gasteiger partial charge on any atom is 0.343 e. The summed E-state index contributed by atoms with van der Waals surface area (Å²) in [4.78, 5) is 14.1. The lowest BCUT2D eigenvalue weighted by Gasteiger charge is -2.23. The summed E-state index contributed by atoms with van der Waals surface area (Å²) in [7, 11) is 3.57. The molecule has 0 aromatic carbocycles. The molecule has 2 aromatic heterocycles. The van der Waals surface area contributed by atoms with Gasteiger partial charge in [-0.3, -0.25) is 9.47 Å². The Bertz CT molecular complexity index is 811. The summed E-state index contributed by atoms with van der Waals surface area (Å²) in [6.07, 6.45) is 2.86. The van der Waals surface area contributed by atoms with E-state index in [0.29, 0.717) is 18.8 Å². The zero-order valence-corrected chi connectivity index (χ0v) is 14.2. The van der Waals surface area contributed by atoms with Gasteiger partial charge < -0.3 is 9.30 Å². The zero-order chi connectivity index (χ0) is 17.3. The first-order valence-corrected chi connectivity index (χ1v) is 8.04. The summed E-state index contributed by atoms with van der Waals surface area (Å²) < 4.78 is 9.03. The topological polar surface area (TPSA) is 91.9 Å². The van der Waals surface area contributed by atoms with E-state index in [0.717, 1.165) is 24.4 Å². The number of rotatable bonds is 5. The van der Waals surface area contributed by atoms with Crippen molar-refractivity contribution in [2.45, 2.75) is 38.6 Å². The van der Waals surface area contributed by atoms with Crippen LogP contribution < -0.4 is 5.69 Å². The molecule has 8 heteroatoms. The van der Waals surface area contributed by atoms with E-state index in [2.05, 4.69) is 21.2 Å². The number of nitriles is 1. The number of methoxy groups -OCH3 is 1. The average molecular weight is 330 g/mol. The molecule has 0 spiro atoms. The lowest BCUT2D eigenvalue weighted by molar-refractivity contribution is 0.107. The van der Waals surface area contributed by atoms with Crippen LogP contribution in [0.2, 0.25) is 0 Å². The number of nitrogens with zero attached hydrogens (tertiary/aromatic N) is 5. The second-order valence-corrected chi connectivity index (χ2v) is 6.13. The minimum atomic E-state index is -0.181. The van der Waals surface area contributed by atoms with Crippen LogP contribution in [-0.2, 0) is 24.9 Å². The summed E-state index contributed by atoms with van der Waals surface area (Å²) in [6, 6.07) is 4.09. The number of aromatic nitrogens is 4. The van der Waals surface area contributed by atoms with Crippen molar-refractivity contribution in [2.24, 2.45) is 7.05 Å². The predicted molar refractivity (Wildman–Crippen MR) is 87.2 cm³/mol. The van der Waals surface area contributed by atoms with Crippen LogP contribution in [0.25, 0.3) is 0 Å². The van der Waals surface area contributed by atoms with E-state index in [1.807, 2.05) is 30.8 Å². The molecule has 1 saturated heterocycles. The van der Waals surface area contributed by atoms with Gasteiger partial charge in [0.25, 0.3) is 0 Å². The van der Waals surface area contributed by atoms with Crippen molar-refractivity contribution in [3.05, 3.63) is 39.8 Å². The van der Waals surface area contributed by atoms with Crippen LogP contribution in [0, 0.1) is 11.3 Å². The summed E-state index contributed by atoms with van der Waals surface area (Å²) in [5, 5.41) is 15.9. The molecule has 0 amide bonds. The number of hydrogen-bond donors (Lipinski definition) is 1. The van der Waals surface area contributed by atoms with Crippen LogP contribution in [0.4, 0.5) is 0 Å². The monoisotopic (exact) mass is 330 g/mol. The third kappa shape index (κ3) is 2.88. The largest absolute Gasteiger partial charge is 0.380 e. The fraction of sp³-hybridized carbons (Fsp3) is 0.562. The molecule has 0 aliphatic carbocycles. The molecule has 0 radical (unpaired) electrons. The molecule has 8 nitrogen and oxygen atoms in total. The summed E-state index contributed by atoms with van der Waals surface area (Å²) in [6.45, 7) is 3.97. The smallest absolute Gasteiger partial charge is 0.343 e. The summed E-state index contributed by atoms with van der Waals surface area (Å²) in [5.41, 5.74) is 1.52. The first-order chi connectivity index (χ1) is 11.6. The number of aryl methyl sites for hydroxylation is 1. The Hall–Kier alpha value is -2.37.